The van der Waals surface area contributed by atoms with Crippen molar-refractivity contribution in [3.8, 4) is 5.75 Å². The zero-order chi connectivity index (χ0) is 14.0. The van der Waals surface area contributed by atoms with Crippen LogP contribution >= 0.6 is 0 Å². The fourth-order valence-electron chi connectivity index (χ4n) is 2.43. The lowest BCUT2D eigenvalue weighted by Gasteiger charge is -2.22. The highest BCUT2D eigenvalue weighted by atomic mass is 16.5. The van der Waals surface area contributed by atoms with E-state index in [0.29, 0.717) is 26.0 Å². The highest BCUT2D eigenvalue weighted by Crippen LogP contribution is 2.32. The van der Waals surface area contributed by atoms with Gasteiger partial charge in [-0.25, -0.2) is 0 Å². The van der Waals surface area contributed by atoms with Gasteiger partial charge in [-0.15, -0.1) is 0 Å². The molecule has 0 amide bonds. The molecule has 0 aromatic heterocycles. The first-order valence-electron chi connectivity index (χ1n) is 6.45. The van der Waals surface area contributed by atoms with Crippen LogP contribution in [0.2, 0.25) is 0 Å². The topological polar surface area (TPSA) is 75.8 Å². The van der Waals surface area contributed by atoms with E-state index in [-0.39, 0.29) is 0 Å². The molecule has 2 rings (SSSR count). The summed E-state index contributed by atoms with van der Waals surface area (Å²) in [6.45, 7) is 3.13. The molecule has 5 heteroatoms. The summed E-state index contributed by atoms with van der Waals surface area (Å²) in [7, 11) is 1.95. The molecule has 0 fully saturated rings. The highest BCUT2D eigenvalue weighted by molar-refractivity contribution is 5.80. The maximum absolute atomic E-state index is 11.4. The summed E-state index contributed by atoms with van der Waals surface area (Å²) in [6, 6.07) is 5.77. The summed E-state index contributed by atoms with van der Waals surface area (Å²) in [6.07, 6.45) is 0.750. The van der Waals surface area contributed by atoms with Crippen molar-refractivity contribution >= 4 is 11.7 Å². The Labute approximate surface area is 113 Å². The van der Waals surface area contributed by atoms with Gasteiger partial charge in [0.05, 0.1) is 6.61 Å². The van der Waals surface area contributed by atoms with Crippen molar-refractivity contribution in [1.82, 2.24) is 0 Å². The number of benzene rings is 1. The number of hydrogen-bond acceptors (Lipinski definition) is 4. The predicted octanol–water partition coefficient (Wildman–Crippen LogP) is 1.25. The number of ether oxygens (including phenoxy) is 1. The number of carbonyl (C=O) groups is 1. The van der Waals surface area contributed by atoms with Crippen molar-refractivity contribution in [3.63, 3.8) is 0 Å². The van der Waals surface area contributed by atoms with Crippen LogP contribution in [0, 0.1) is 0 Å². The molecule has 0 radical (unpaired) electrons. The summed E-state index contributed by atoms with van der Waals surface area (Å²) in [5, 5.41) is 9.33. The molecule has 19 heavy (non-hydrogen) atoms. The Bertz CT molecular complexity index is 490. The van der Waals surface area contributed by atoms with Gasteiger partial charge < -0.3 is 20.5 Å². The molecule has 0 saturated carbocycles. The number of nitrogens with zero attached hydrogens (tertiary/aromatic N) is 1. The van der Waals surface area contributed by atoms with Crippen molar-refractivity contribution < 1.29 is 14.6 Å². The van der Waals surface area contributed by atoms with E-state index in [4.69, 9.17) is 10.5 Å². The Hall–Kier alpha value is -1.75. The molecular weight excluding hydrogens is 244 g/mol. The Balaban J connectivity index is 2.41. The highest BCUT2D eigenvalue weighted by Gasteiger charge is 2.37. The van der Waals surface area contributed by atoms with Crippen LogP contribution in [0.3, 0.4) is 0 Å². The summed E-state index contributed by atoms with van der Waals surface area (Å²) >= 11 is 0. The molecule has 5 nitrogen and oxygen atoms in total. The summed E-state index contributed by atoms with van der Waals surface area (Å²) < 4.78 is 5.47. The third kappa shape index (κ3) is 2.66. The fourth-order valence-corrected chi connectivity index (χ4v) is 2.43. The van der Waals surface area contributed by atoms with Crippen LogP contribution in [0.15, 0.2) is 18.2 Å². The lowest BCUT2D eigenvalue weighted by Crippen LogP contribution is -2.50. The van der Waals surface area contributed by atoms with E-state index in [1.165, 1.54) is 0 Å². The van der Waals surface area contributed by atoms with Crippen molar-refractivity contribution in [1.29, 1.82) is 0 Å². The molecule has 104 valence electrons. The second-order valence-corrected chi connectivity index (χ2v) is 5.03. The maximum Gasteiger partial charge on any atom is 0.324 e. The molecule has 1 aromatic rings. The molecule has 0 aliphatic carbocycles. The van der Waals surface area contributed by atoms with Crippen LogP contribution in [-0.4, -0.2) is 36.8 Å². The van der Waals surface area contributed by atoms with E-state index in [1.54, 1.807) is 0 Å². The molecular formula is C14H20N2O3. The SMILES string of the molecule is CCOc1ccc2c(c1)CC(N)(C(=O)O)CCN2C. The smallest absolute Gasteiger partial charge is 0.324 e. The van der Waals surface area contributed by atoms with Crippen molar-refractivity contribution in [2.75, 3.05) is 25.1 Å². The lowest BCUT2D eigenvalue weighted by molar-refractivity contribution is -0.143. The van der Waals surface area contributed by atoms with Crippen LogP contribution in [0.5, 0.6) is 5.75 Å². The van der Waals surface area contributed by atoms with Gasteiger partial charge in [0.1, 0.15) is 11.3 Å². The van der Waals surface area contributed by atoms with Crippen LogP contribution in [0.4, 0.5) is 5.69 Å². The van der Waals surface area contributed by atoms with Gasteiger partial charge in [0.25, 0.3) is 0 Å². The van der Waals surface area contributed by atoms with Gasteiger partial charge in [0.15, 0.2) is 0 Å². The zero-order valence-electron chi connectivity index (χ0n) is 11.3. The lowest BCUT2D eigenvalue weighted by atomic mass is 9.89. The largest absolute Gasteiger partial charge is 0.494 e. The van der Waals surface area contributed by atoms with E-state index >= 15 is 0 Å². The number of carboxylic acids is 1. The van der Waals surface area contributed by atoms with Crippen molar-refractivity contribution in [2.45, 2.75) is 25.3 Å². The average Bonchev–Trinajstić information content (AvgIpc) is 2.48. The molecule has 1 unspecified atom stereocenters. The Morgan fingerprint density at radius 1 is 1.58 bits per heavy atom. The van der Waals surface area contributed by atoms with Gasteiger partial charge in [0, 0.05) is 25.7 Å². The Kier molecular flexibility index (Phi) is 3.66. The second-order valence-electron chi connectivity index (χ2n) is 5.03. The van der Waals surface area contributed by atoms with Crippen molar-refractivity contribution in [3.05, 3.63) is 23.8 Å². The van der Waals surface area contributed by atoms with Gasteiger partial charge in [-0.05, 0) is 37.1 Å². The molecule has 0 saturated heterocycles. The van der Waals surface area contributed by atoms with Crippen LogP contribution in [-0.2, 0) is 11.2 Å². The monoisotopic (exact) mass is 264 g/mol. The first-order valence-corrected chi connectivity index (χ1v) is 6.45. The minimum Gasteiger partial charge on any atom is -0.494 e. The quantitative estimate of drug-likeness (QED) is 0.859. The molecule has 1 aromatic carbocycles. The van der Waals surface area contributed by atoms with Gasteiger partial charge in [0.2, 0.25) is 0 Å². The molecule has 1 aliphatic rings. The third-order valence-corrected chi connectivity index (χ3v) is 3.60. The fraction of sp³-hybridized carbons (Fsp3) is 0.500. The van der Waals surface area contributed by atoms with E-state index in [9.17, 15) is 9.90 Å². The molecule has 1 heterocycles. The van der Waals surface area contributed by atoms with Gasteiger partial charge in [-0.3, -0.25) is 4.79 Å². The number of nitrogens with two attached hydrogens (primary N) is 1. The van der Waals surface area contributed by atoms with E-state index in [2.05, 4.69) is 0 Å². The van der Waals surface area contributed by atoms with Crippen molar-refractivity contribution in [2.24, 2.45) is 5.73 Å². The Morgan fingerprint density at radius 3 is 2.95 bits per heavy atom. The summed E-state index contributed by atoms with van der Waals surface area (Å²) in [5.74, 6) is -0.195. The Morgan fingerprint density at radius 2 is 2.32 bits per heavy atom. The minimum absolute atomic E-state index is 0.322. The van der Waals surface area contributed by atoms with Gasteiger partial charge in [-0.1, -0.05) is 0 Å². The average molecular weight is 264 g/mol. The van der Waals surface area contributed by atoms with E-state index in [0.717, 1.165) is 17.0 Å². The molecule has 1 atom stereocenters. The number of hydrogen-bond donors (Lipinski definition) is 2. The standard InChI is InChI=1S/C14H20N2O3/c1-3-19-11-4-5-12-10(8-11)9-14(15,13(17)18)6-7-16(12)2/h4-5,8H,3,6-7,9,15H2,1-2H3,(H,17,18). The molecule has 3 N–H and O–H groups in total. The van der Waals surface area contributed by atoms with E-state index in [1.807, 2.05) is 37.1 Å². The summed E-state index contributed by atoms with van der Waals surface area (Å²) in [4.78, 5) is 13.4. The zero-order valence-corrected chi connectivity index (χ0v) is 11.3. The number of aliphatic carboxylic acids is 1. The molecule has 1 aliphatic heterocycles. The number of rotatable bonds is 3. The van der Waals surface area contributed by atoms with Gasteiger partial charge in [-0.2, -0.15) is 0 Å². The van der Waals surface area contributed by atoms with E-state index < -0.39 is 11.5 Å². The second kappa shape index (κ2) is 5.09. The first-order chi connectivity index (χ1) is 8.96. The normalized spacial score (nSPS) is 22.6. The van der Waals surface area contributed by atoms with Crippen LogP contribution in [0.1, 0.15) is 18.9 Å². The third-order valence-electron chi connectivity index (χ3n) is 3.60. The number of fused-ring (bicyclic) bond motifs is 1. The summed E-state index contributed by atoms with van der Waals surface area (Å²) in [5.41, 5.74) is 6.78. The van der Waals surface area contributed by atoms with Crippen LogP contribution < -0.4 is 15.4 Å². The number of anilines is 1. The molecule has 0 bridgehead atoms. The minimum atomic E-state index is -1.20. The molecule has 0 spiro atoms. The maximum atomic E-state index is 11.4. The van der Waals surface area contributed by atoms with Gasteiger partial charge >= 0.3 is 5.97 Å². The predicted molar refractivity (Wildman–Crippen MR) is 73.8 cm³/mol. The van der Waals surface area contributed by atoms with Crippen LogP contribution in [0.25, 0.3) is 0 Å². The number of carboxylic acid groups (broad SMARTS) is 1. The first kappa shape index (κ1) is 13.7.